The van der Waals surface area contributed by atoms with Crippen molar-refractivity contribution in [3.8, 4) is 0 Å². The van der Waals surface area contributed by atoms with Crippen LogP contribution in [-0.2, 0) is 9.53 Å². The summed E-state index contributed by atoms with van der Waals surface area (Å²) in [7, 11) is 0. The van der Waals surface area contributed by atoms with Gasteiger partial charge >= 0.3 is 12.0 Å². The number of amides is 2. The molecule has 6 heteroatoms. The predicted molar refractivity (Wildman–Crippen MR) is 73.5 cm³/mol. The summed E-state index contributed by atoms with van der Waals surface area (Å²) in [6.07, 6.45) is 3.53. The molecule has 2 rings (SSSR count). The van der Waals surface area contributed by atoms with Crippen LogP contribution in [-0.4, -0.2) is 41.4 Å². The Balaban J connectivity index is 1.74. The molecule has 3 N–H and O–H groups in total. The van der Waals surface area contributed by atoms with Crippen LogP contribution in [0.1, 0.15) is 46.0 Å². The standard InChI is InChI=1S/C14H24N2O4/c1-14(2)8-11(5-6-20-14)16-13(19)15-10-4-3-9(7-10)12(17)18/h9-11H,3-8H2,1-2H3,(H,17,18)(H2,15,16,19)/t9-,10+,11?/m1/s1. The van der Waals surface area contributed by atoms with Crippen LogP contribution in [0.3, 0.4) is 0 Å². The molecule has 2 aliphatic rings. The highest BCUT2D eigenvalue weighted by atomic mass is 16.5. The molecule has 2 amide bonds. The van der Waals surface area contributed by atoms with Gasteiger partial charge in [0.25, 0.3) is 0 Å². The van der Waals surface area contributed by atoms with E-state index in [-0.39, 0.29) is 29.6 Å². The molecule has 0 aromatic carbocycles. The van der Waals surface area contributed by atoms with Crippen LogP contribution in [0.5, 0.6) is 0 Å². The maximum Gasteiger partial charge on any atom is 0.315 e. The van der Waals surface area contributed by atoms with Crippen LogP contribution in [0.25, 0.3) is 0 Å². The molecular formula is C14H24N2O4. The topological polar surface area (TPSA) is 87.7 Å². The fraction of sp³-hybridized carbons (Fsp3) is 0.857. The van der Waals surface area contributed by atoms with E-state index in [4.69, 9.17) is 9.84 Å². The largest absolute Gasteiger partial charge is 0.481 e. The first-order chi connectivity index (χ1) is 9.35. The lowest BCUT2D eigenvalue weighted by Crippen LogP contribution is -2.50. The molecule has 0 aromatic heterocycles. The Hall–Kier alpha value is -1.30. The van der Waals surface area contributed by atoms with E-state index >= 15 is 0 Å². The summed E-state index contributed by atoms with van der Waals surface area (Å²) in [4.78, 5) is 22.8. The first kappa shape index (κ1) is 15.1. The van der Waals surface area contributed by atoms with Crippen molar-refractivity contribution in [3.63, 3.8) is 0 Å². The van der Waals surface area contributed by atoms with E-state index in [0.29, 0.717) is 19.4 Å². The number of nitrogens with one attached hydrogen (secondary N) is 2. The number of carbonyl (C=O) groups is 2. The van der Waals surface area contributed by atoms with E-state index in [1.807, 2.05) is 13.8 Å². The number of carboxylic acids is 1. The fourth-order valence-corrected chi connectivity index (χ4v) is 3.10. The molecule has 6 nitrogen and oxygen atoms in total. The summed E-state index contributed by atoms with van der Waals surface area (Å²) in [5, 5.41) is 14.8. The second-order valence-electron chi connectivity index (χ2n) is 6.46. The quantitative estimate of drug-likeness (QED) is 0.733. The molecular weight excluding hydrogens is 260 g/mol. The van der Waals surface area contributed by atoms with Gasteiger partial charge in [0.05, 0.1) is 11.5 Å². The van der Waals surface area contributed by atoms with Crippen molar-refractivity contribution in [2.24, 2.45) is 5.92 Å². The lowest BCUT2D eigenvalue weighted by Gasteiger charge is -2.35. The van der Waals surface area contributed by atoms with Gasteiger partial charge in [-0.05, 0) is 46.0 Å². The molecule has 20 heavy (non-hydrogen) atoms. The van der Waals surface area contributed by atoms with Gasteiger partial charge in [0.1, 0.15) is 0 Å². The van der Waals surface area contributed by atoms with Gasteiger partial charge in [-0.15, -0.1) is 0 Å². The monoisotopic (exact) mass is 284 g/mol. The first-order valence-electron chi connectivity index (χ1n) is 7.29. The molecule has 114 valence electrons. The van der Waals surface area contributed by atoms with Crippen LogP contribution in [0.4, 0.5) is 4.79 Å². The zero-order chi connectivity index (χ0) is 14.8. The highest BCUT2D eigenvalue weighted by Gasteiger charge is 2.32. The van der Waals surface area contributed by atoms with Gasteiger partial charge in [0.15, 0.2) is 0 Å². The Morgan fingerprint density at radius 2 is 1.85 bits per heavy atom. The molecule has 1 aliphatic carbocycles. The maximum atomic E-state index is 11.9. The molecule has 3 atom stereocenters. The third kappa shape index (κ3) is 4.10. The molecule has 1 unspecified atom stereocenters. The molecule has 1 aliphatic heterocycles. The molecule has 0 radical (unpaired) electrons. The van der Waals surface area contributed by atoms with Gasteiger partial charge in [-0.2, -0.15) is 0 Å². The average Bonchev–Trinajstić information content (AvgIpc) is 2.75. The number of urea groups is 1. The van der Waals surface area contributed by atoms with E-state index in [1.165, 1.54) is 0 Å². The van der Waals surface area contributed by atoms with Crippen molar-refractivity contribution in [2.45, 2.75) is 63.6 Å². The van der Waals surface area contributed by atoms with Crippen molar-refractivity contribution in [1.29, 1.82) is 0 Å². The van der Waals surface area contributed by atoms with Crippen molar-refractivity contribution < 1.29 is 19.4 Å². The van der Waals surface area contributed by atoms with Crippen LogP contribution < -0.4 is 10.6 Å². The lowest BCUT2D eigenvalue weighted by atomic mass is 9.94. The minimum Gasteiger partial charge on any atom is -0.481 e. The number of hydrogen-bond acceptors (Lipinski definition) is 3. The number of rotatable bonds is 3. The van der Waals surface area contributed by atoms with Gasteiger partial charge < -0.3 is 20.5 Å². The third-order valence-corrected chi connectivity index (χ3v) is 4.15. The Morgan fingerprint density at radius 3 is 2.45 bits per heavy atom. The van der Waals surface area contributed by atoms with Crippen LogP contribution in [0.15, 0.2) is 0 Å². The number of carboxylic acid groups (broad SMARTS) is 1. The minimum atomic E-state index is -0.763. The van der Waals surface area contributed by atoms with Crippen molar-refractivity contribution in [1.82, 2.24) is 10.6 Å². The molecule has 1 saturated carbocycles. The van der Waals surface area contributed by atoms with Gasteiger partial charge in [-0.25, -0.2) is 4.79 Å². The van der Waals surface area contributed by atoms with Crippen LogP contribution in [0, 0.1) is 5.92 Å². The summed E-state index contributed by atoms with van der Waals surface area (Å²) in [6.45, 7) is 4.70. The molecule has 1 saturated heterocycles. The lowest BCUT2D eigenvalue weighted by molar-refractivity contribution is -0.141. The molecule has 0 spiro atoms. The predicted octanol–water partition coefficient (Wildman–Crippen LogP) is 1.50. The zero-order valence-corrected chi connectivity index (χ0v) is 12.1. The van der Waals surface area contributed by atoms with Gasteiger partial charge in [0, 0.05) is 18.7 Å². The smallest absolute Gasteiger partial charge is 0.315 e. The molecule has 0 bridgehead atoms. The Kier molecular flexibility index (Phi) is 4.52. The van der Waals surface area contributed by atoms with Crippen molar-refractivity contribution in [2.75, 3.05) is 6.61 Å². The van der Waals surface area contributed by atoms with Gasteiger partial charge in [-0.1, -0.05) is 0 Å². The molecule has 1 heterocycles. The second-order valence-corrected chi connectivity index (χ2v) is 6.46. The first-order valence-corrected chi connectivity index (χ1v) is 7.29. The Labute approximate surface area is 119 Å². The van der Waals surface area contributed by atoms with E-state index in [2.05, 4.69) is 10.6 Å². The summed E-state index contributed by atoms with van der Waals surface area (Å²) >= 11 is 0. The van der Waals surface area contributed by atoms with E-state index in [0.717, 1.165) is 19.3 Å². The maximum absolute atomic E-state index is 11.9. The highest BCUT2D eigenvalue weighted by Crippen LogP contribution is 2.26. The minimum absolute atomic E-state index is 0.0241. The summed E-state index contributed by atoms with van der Waals surface area (Å²) in [5.74, 6) is -1.08. The molecule has 0 aromatic rings. The van der Waals surface area contributed by atoms with Gasteiger partial charge in [-0.3, -0.25) is 4.79 Å². The SMILES string of the molecule is CC1(C)CC(NC(=O)N[C@H]2CC[C@@H](C(=O)O)C2)CCO1. The van der Waals surface area contributed by atoms with E-state index < -0.39 is 5.97 Å². The Morgan fingerprint density at radius 1 is 1.15 bits per heavy atom. The third-order valence-electron chi connectivity index (χ3n) is 4.15. The van der Waals surface area contributed by atoms with Gasteiger partial charge in [0.2, 0.25) is 0 Å². The number of hydrogen-bond donors (Lipinski definition) is 3. The van der Waals surface area contributed by atoms with E-state index in [9.17, 15) is 9.59 Å². The highest BCUT2D eigenvalue weighted by molar-refractivity contribution is 5.75. The zero-order valence-electron chi connectivity index (χ0n) is 12.1. The fourth-order valence-electron chi connectivity index (χ4n) is 3.10. The summed E-state index contributed by atoms with van der Waals surface area (Å²) in [5.41, 5.74) is -0.196. The van der Waals surface area contributed by atoms with Crippen molar-refractivity contribution >= 4 is 12.0 Å². The van der Waals surface area contributed by atoms with E-state index in [1.54, 1.807) is 0 Å². The number of aliphatic carboxylic acids is 1. The number of ether oxygens (including phenoxy) is 1. The second kappa shape index (κ2) is 5.99. The average molecular weight is 284 g/mol. The summed E-state index contributed by atoms with van der Waals surface area (Å²) in [6, 6.07) is -0.0943. The Bertz CT molecular complexity index is 383. The normalized spacial score (nSPS) is 32.6. The van der Waals surface area contributed by atoms with Crippen LogP contribution in [0.2, 0.25) is 0 Å². The summed E-state index contributed by atoms with van der Waals surface area (Å²) < 4.78 is 5.61. The van der Waals surface area contributed by atoms with Crippen molar-refractivity contribution in [3.05, 3.63) is 0 Å². The molecule has 2 fully saturated rings. The van der Waals surface area contributed by atoms with Crippen LogP contribution >= 0.6 is 0 Å². The number of carbonyl (C=O) groups excluding carboxylic acids is 1.